The SMILES string of the molecule is CC(C)NS(=O)(=O)c1ccc(NC(=O)CCCOc2cccc(Br)c2)cc1. The predicted molar refractivity (Wildman–Crippen MR) is 109 cm³/mol. The Hall–Kier alpha value is -1.90. The third kappa shape index (κ3) is 7.32. The van der Waals surface area contributed by atoms with Gasteiger partial charge in [-0.15, -0.1) is 0 Å². The van der Waals surface area contributed by atoms with E-state index in [4.69, 9.17) is 4.74 Å². The Morgan fingerprint density at radius 1 is 1.15 bits per heavy atom. The predicted octanol–water partition coefficient (Wildman–Crippen LogP) is 3.93. The van der Waals surface area contributed by atoms with Crippen molar-refractivity contribution in [3.63, 3.8) is 0 Å². The lowest BCUT2D eigenvalue weighted by atomic mass is 10.2. The number of sulfonamides is 1. The average molecular weight is 455 g/mol. The van der Waals surface area contributed by atoms with Gasteiger partial charge in [0.15, 0.2) is 0 Å². The number of amides is 1. The van der Waals surface area contributed by atoms with Crippen LogP contribution in [-0.4, -0.2) is 27.0 Å². The van der Waals surface area contributed by atoms with Gasteiger partial charge < -0.3 is 10.1 Å². The minimum atomic E-state index is -3.53. The molecule has 0 spiro atoms. The van der Waals surface area contributed by atoms with Gasteiger partial charge in [-0.05, 0) is 62.7 Å². The fourth-order valence-electron chi connectivity index (χ4n) is 2.30. The van der Waals surface area contributed by atoms with E-state index in [9.17, 15) is 13.2 Å². The minimum Gasteiger partial charge on any atom is -0.494 e. The van der Waals surface area contributed by atoms with Gasteiger partial charge in [0, 0.05) is 22.6 Å². The molecule has 2 aromatic carbocycles. The Morgan fingerprint density at radius 3 is 2.48 bits per heavy atom. The highest BCUT2D eigenvalue weighted by Crippen LogP contribution is 2.18. The Kier molecular flexibility index (Phi) is 7.82. The largest absolute Gasteiger partial charge is 0.494 e. The molecular formula is C19H23BrN2O4S. The fraction of sp³-hybridized carbons (Fsp3) is 0.316. The molecule has 0 aliphatic carbocycles. The Labute approximate surface area is 168 Å². The summed E-state index contributed by atoms with van der Waals surface area (Å²) in [5.74, 6) is 0.598. The van der Waals surface area contributed by atoms with Crippen LogP contribution in [-0.2, 0) is 14.8 Å². The molecule has 2 rings (SSSR count). The molecule has 27 heavy (non-hydrogen) atoms. The van der Waals surface area contributed by atoms with E-state index in [1.54, 1.807) is 26.0 Å². The van der Waals surface area contributed by atoms with Crippen LogP contribution in [0.5, 0.6) is 5.75 Å². The first-order chi connectivity index (χ1) is 12.8. The highest BCUT2D eigenvalue weighted by atomic mass is 79.9. The highest BCUT2D eigenvalue weighted by molar-refractivity contribution is 9.10. The molecule has 8 heteroatoms. The lowest BCUT2D eigenvalue weighted by molar-refractivity contribution is -0.116. The van der Waals surface area contributed by atoms with Crippen LogP contribution in [0.2, 0.25) is 0 Å². The maximum Gasteiger partial charge on any atom is 0.240 e. The fourth-order valence-corrected chi connectivity index (χ4v) is 3.93. The summed E-state index contributed by atoms with van der Waals surface area (Å²) in [6.07, 6.45) is 0.881. The molecule has 2 N–H and O–H groups in total. The summed E-state index contributed by atoms with van der Waals surface area (Å²) in [6, 6.07) is 13.4. The minimum absolute atomic E-state index is 0.149. The second-order valence-corrected chi connectivity index (χ2v) is 8.89. The molecule has 0 atom stereocenters. The number of anilines is 1. The Morgan fingerprint density at radius 2 is 1.85 bits per heavy atom. The van der Waals surface area contributed by atoms with Crippen LogP contribution in [0.3, 0.4) is 0 Å². The molecule has 0 aromatic heterocycles. The van der Waals surface area contributed by atoms with E-state index in [-0.39, 0.29) is 16.8 Å². The average Bonchev–Trinajstić information content (AvgIpc) is 2.58. The van der Waals surface area contributed by atoms with Crippen LogP contribution in [0.15, 0.2) is 57.9 Å². The summed E-state index contributed by atoms with van der Waals surface area (Å²) in [5, 5.41) is 2.75. The van der Waals surface area contributed by atoms with Gasteiger partial charge in [-0.2, -0.15) is 0 Å². The molecule has 0 saturated carbocycles. The van der Waals surface area contributed by atoms with E-state index in [2.05, 4.69) is 26.0 Å². The van der Waals surface area contributed by atoms with Crippen LogP contribution in [0.4, 0.5) is 5.69 Å². The van der Waals surface area contributed by atoms with E-state index < -0.39 is 10.0 Å². The van der Waals surface area contributed by atoms with Gasteiger partial charge in [-0.3, -0.25) is 4.79 Å². The molecule has 0 fully saturated rings. The van der Waals surface area contributed by atoms with Crippen molar-refractivity contribution >= 4 is 37.5 Å². The van der Waals surface area contributed by atoms with Gasteiger partial charge in [0.05, 0.1) is 11.5 Å². The van der Waals surface area contributed by atoms with Gasteiger partial charge in [-0.1, -0.05) is 22.0 Å². The number of hydrogen-bond acceptors (Lipinski definition) is 4. The summed E-state index contributed by atoms with van der Waals surface area (Å²) in [7, 11) is -3.53. The van der Waals surface area contributed by atoms with Crippen LogP contribution in [0, 0.1) is 0 Å². The number of halogens is 1. The van der Waals surface area contributed by atoms with Crippen LogP contribution >= 0.6 is 15.9 Å². The summed E-state index contributed by atoms with van der Waals surface area (Å²) < 4.78 is 33.2. The molecule has 0 radical (unpaired) electrons. The zero-order valence-electron chi connectivity index (χ0n) is 15.2. The second kappa shape index (κ2) is 9.87. The number of benzene rings is 2. The zero-order chi connectivity index (χ0) is 19.9. The van der Waals surface area contributed by atoms with Gasteiger partial charge in [-0.25, -0.2) is 13.1 Å². The molecule has 2 aromatic rings. The molecule has 0 saturated heterocycles. The monoisotopic (exact) mass is 454 g/mol. The van der Waals surface area contributed by atoms with E-state index in [1.165, 1.54) is 12.1 Å². The van der Waals surface area contributed by atoms with Crippen LogP contribution in [0.25, 0.3) is 0 Å². The van der Waals surface area contributed by atoms with Crippen molar-refractivity contribution in [2.75, 3.05) is 11.9 Å². The van der Waals surface area contributed by atoms with Crippen molar-refractivity contribution in [1.82, 2.24) is 4.72 Å². The van der Waals surface area contributed by atoms with Crippen molar-refractivity contribution < 1.29 is 17.9 Å². The standard InChI is InChI=1S/C19H23BrN2O4S/c1-14(2)22-27(24,25)18-10-8-16(9-11-18)21-19(23)7-4-12-26-17-6-3-5-15(20)13-17/h3,5-6,8-11,13-14,22H,4,7,12H2,1-2H3,(H,21,23). The first-order valence-corrected chi connectivity index (χ1v) is 10.8. The normalized spacial score (nSPS) is 11.4. The molecule has 0 unspecified atom stereocenters. The van der Waals surface area contributed by atoms with E-state index in [0.29, 0.717) is 25.1 Å². The smallest absolute Gasteiger partial charge is 0.240 e. The van der Waals surface area contributed by atoms with Crippen molar-refractivity contribution in [3.05, 3.63) is 53.0 Å². The summed E-state index contributed by atoms with van der Waals surface area (Å²) in [4.78, 5) is 12.2. The quantitative estimate of drug-likeness (QED) is 0.562. The van der Waals surface area contributed by atoms with E-state index >= 15 is 0 Å². The molecule has 0 aliphatic heterocycles. The number of carbonyl (C=O) groups excluding carboxylic acids is 1. The molecular weight excluding hydrogens is 432 g/mol. The number of hydrogen-bond donors (Lipinski definition) is 2. The molecule has 0 aliphatic rings. The number of carbonyl (C=O) groups is 1. The first kappa shape index (κ1) is 21.4. The number of rotatable bonds is 9. The zero-order valence-corrected chi connectivity index (χ0v) is 17.6. The maximum absolute atomic E-state index is 12.1. The Balaban J connectivity index is 1.78. The summed E-state index contributed by atoms with van der Waals surface area (Å²) in [6.45, 7) is 3.95. The first-order valence-electron chi connectivity index (χ1n) is 8.57. The maximum atomic E-state index is 12.1. The molecule has 6 nitrogen and oxygen atoms in total. The lowest BCUT2D eigenvalue weighted by Crippen LogP contribution is -2.30. The summed E-state index contributed by atoms with van der Waals surface area (Å²) >= 11 is 3.37. The number of ether oxygens (including phenoxy) is 1. The third-order valence-electron chi connectivity index (χ3n) is 3.45. The Bertz CT molecular complexity index is 868. The van der Waals surface area contributed by atoms with Crippen LogP contribution < -0.4 is 14.8 Å². The van der Waals surface area contributed by atoms with Crippen molar-refractivity contribution in [2.45, 2.75) is 37.6 Å². The van der Waals surface area contributed by atoms with E-state index in [0.717, 1.165) is 10.2 Å². The van der Waals surface area contributed by atoms with Crippen molar-refractivity contribution in [1.29, 1.82) is 0 Å². The molecule has 1 amide bonds. The third-order valence-corrected chi connectivity index (χ3v) is 5.62. The lowest BCUT2D eigenvalue weighted by Gasteiger charge is -2.10. The number of nitrogens with one attached hydrogen (secondary N) is 2. The summed E-state index contributed by atoms with van der Waals surface area (Å²) in [5.41, 5.74) is 0.552. The second-order valence-electron chi connectivity index (χ2n) is 6.26. The molecule has 0 heterocycles. The van der Waals surface area contributed by atoms with Crippen molar-refractivity contribution in [3.8, 4) is 5.75 Å². The highest BCUT2D eigenvalue weighted by Gasteiger charge is 2.15. The van der Waals surface area contributed by atoms with Gasteiger partial charge in [0.1, 0.15) is 5.75 Å². The molecule has 0 bridgehead atoms. The van der Waals surface area contributed by atoms with Gasteiger partial charge in [0.2, 0.25) is 15.9 Å². The van der Waals surface area contributed by atoms with E-state index in [1.807, 2.05) is 24.3 Å². The van der Waals surface area contributed by atoms with Crippen LogP contribution in [0.1, 0.15) is 26.7 Å². The van der Waals surface area contributed by atoms with Gasteiger partial charge in [0.25, 0.3) is 0 Å². The topological polar surface area (TPSA) is 84.5 Å². The molecule has 146 valence electrons. The van der Waals surface area contributed by atoms with Crippen molar-refractivity contribution in [2.24, 2.45) is 0 Å². The van der Waals surface area contributed by atoms with Gasteiger partial charge >= 0.3 is 0 Å².